The zero-order valence-electron chi connectivity index (χ0n) is 15.1. The van der Waals surface area contributed by atoms with Crippen LogP contribution < -0.4 is 11.1 Å². The number of hydrogen-bond donors (Lipinski definition) is 5. The summed E-state index contributed by atoms with van der Waals surface area (Å²) >= 11 is 0. The van der Waals surface area contributed by atoms with Gasteiger partial charge in [0.05, 0.1) is 0 Å². The highest BCUT2D eigenvalue weighted by Gasteiger charge is 2.20. The number of phenols is 2. The van der Waals surface area contributed by atoms with E-state index in [1.807, 2.05) is 39.1 Å². The number of aromatic nitrogens is 1. The number of carbonyl (C=O) groups is 1. The highest BCUT2D eigenvalue weighted by Crippen LogP contribution is 2.43. The highest BCUT2D eigenvalue weighted by molar-refractivity contribution is 6.04. The standard InChI is InChI=1S/C20H23N3O3/c1-4-11-7-12(17(25)8-16(11)24)13-9-22-14-5-6-15(23-20(21)26)18(10(2)3)19(13)14/h5-10,22,24-25H,4H2,1-3H3,(H3,21,23,26). The lowest BCUT2D eigenvalue weighted by molar-refractivity contribution is 0.259. The van der Waals surface area contributed by atoms with Crippen LogP contribution in [0.2, 0.25) is 0 Å². The molecule has 136 valence electrons. The minimum absolute atomic E-state index is 0.00331. The maximum atomic E-state index is 11.4. The molecule has 1 heterocycles. The quantitative estimate of drug-likeness (QED) is 0.478. The first-order valence-electron chi connectivity index (χ1n) is 8.59. The number of aryl methyl sites for hydroxylation is 1. The lowest BCUT2D eigenvalue weighted by atomic mass is 9.91. The van der Waals surface area contributed by atoms with Crippen molar-refractivity contribution in [1.29, 1.82) is 0 Å². The maximum Gasteiger partial charge on any atom is 0.316 e. The van der Waals surface area contributed by atoms with Crippen LogP contribution in [0.15, 0.2) is 30.5 Å². The molecule has 0 saturated carbocycles. The highest BCUT2D eigenvalue weighted by atomic mass is 16.3. The van der Waals surface area contributed by atoms with Gasteiger partial charge in [0.15, 0.2) is 0 Å². The second kappa shape index (κ2) is 6.63. The van der Waals surface area contributed by atoms with Crippen LogP contribution in [-0.4, -0.2) is 21.2 Å². The van der Waals surface area contributed by atoms with E-state index in [4.69, 9.17) is 5.73 Å². The van der Waals surface area contributed by atoms with E-state index in [9.17, 15) is 15.0 Å². The van der Waals surface area contributed by atoms with Gasteiger partial charge in [0.25, 0.3) is 0 Å². The second-order valence-electron chi connectivity index (χ2n) is 6.65. The lowest BCUT2D eigenvalue weighted by Gasteiger charge is -2.16. The Morgan fingerprint density at radius 2 is 1.92 bits per heavy atom. The fraction of sp³-hybridized carbons (Fsp3) is 0.250. The molecule has 0 fully saturated rings. The Bertz CT molecular complexity index is 990. The fourth-order valence-corrected chi connectivity index (χ4v) is 3.43. The molecule has 3 aromatic rings. The number of primary amides is 1. The van der Waals surface area contributed by atoms with Gasteiger partial charge < -0.3 is 26.2 Å². The van der Waals surface area contributed by atoms with Gasteiger partial charge in [-0.2, -0.15) is 0 Å². The first-order chi connectivity index (χ1) is 12.3. The average molecular weight is 353 g/mol. The molecular formula is C20H23N3O3. The van der Waals surface area contributed by atoms with Crippen LogP contribution >= 0.6 is 0 Å². The van der Waals surface area contributed by atoms with Crippen LogP contribution in [0.5, 0.6) is 11.5 Å². The number of H-pyrrole nitrogens is 1. The third-order valence-electron chi connectivity index (χ3n) is 4.59. The number of hydrogen-bond acceptors (Lipinski definition) is 3. The number of aromatic hydroxyl groups is 2. The van der Waals surface area contributed by atoms with E-state index in [1.165, 1.54) is 6.07 Å². The predicted molar refractivity (Wildman–Crippen MR) is 104 cm³/mol. The van der Waals surface area contributed by atoms with Gasteiger partial charge >= 0.3 is 6.03 Å². The molecule has 6 heteroatoms. The molecule has 26 heavy (non-hydrogen) atoms. The maximum absolute atomic E-state index is 11.4. The molecule has 0 aliphatic carbocycles. The van der Waals surface area contributed by atoms with E-state index in [-0.39, 0.29) is 17.4 Å². The smallest absolute Gasteiger partial charge is 0.316 e. The predicted octanol–water partition coefficient (Wildman–Crippen LogP) is 4.42. The molecule has 0 saturated heterocycles. The summed E-state index contributed by atoms with van der Waals surface area (Å²) in [6.45, 7) is 6.01. The molecule has 2 amide bonds. The van der Waals surface area contributed by atoms with Crippen LogP contribution in [0.25, 0.3) is 22.0 Å². The van der Waals surface area contributed by atoms with Crippen molar-refractivity contribution in [2.45, 2.75) is 33.1 Å². The molecule has 6 N–H and O–H groups in total. The van der Waals surface area contributed by atoms with Gasteiger partial charge in [-0.25, -0.2) is 4.79 Å². The van der Waals surface area contributed by atoms with E-state index in [0.29, 0.717) is 17.7 Å². The number of carbonyl (C=O) groups excluding carboxylic acids is 1. The van der Waals surface area contributed by atoms with Gasteiger partial charge in [0, 0.05) is 40.0 Å². The Morgan fingerprint density at radius 1 is 1.19 bits per heavy atom. The summed E-state index contributed by atoms with van der Waals surface area (Å²) in [5.74, 6) is 0.192. The molecule has 1 aromatic heterocycles. The second-order valence-corrected chi connectivity index (χ2v) is 6.65. The van der Waals surface area contributed by atoms with Crippen LogP contribution in [0.4, 0.5) is 10.5 Å². The molecule has 0 aliphatic heterocycles. The van der Waals surface area contributed by atoms with Crippen molar-refractivity contribution in [2.24, 2.45) is 5.73 Å². The van der Waals surface area contributed by atoms with Crippen molar-refractivity contribution in [3.63, 3.8) is 0 Å². The minimum atomic E-state index is -0.621. The van der Waals surface area contributed by atoms with Crippen LogP contribution in [-0.2, 0) is 6.42 Å². The summed E-state index contributed by atoms with van der Waals surface area (Å²) in [6.07, 6.45) is 2.48. The molecule has 6 nitrogen and oxygen atoms in total. The topological polar surface area (TPSA) is 111 Å². The third-order valence-corrected chi connectivity index (χ3v) is 4.59. The molecule has 0 unspecified atom stereocenters. The zero-order chi connectivity index (χ0) is 19.0. The number of nitrogens with two attached hydrogens (primary N) is 1. The largest absolute Gasteiger partial charge is 0.508 e. The van der Waals surface area contributed by atoms with Gasteiger partial charge in [-0.3, -0.25) is 0 Å². The summed E-state index contributed by atoms with van der Waals surface area (Å²) in [6, 6.07) is 6.23. The molecule has 0 aliphatic rings. The number of anilines is 1. The molecule has 3 rings (SSSR count). The summed E-state index contributed by atoms with van der Waals surface area (Å²) < 4.78 is 0. The van der Waals surface area contributed by atoms with Crippen molar-refractivity contribution in [1.82, 2.24) is 4.98 Å². The Labute approximate surface area is 151 Å². The van der Waals surface area contributed by atoms with E-state index in [0.717, 1.165) is 27.6 Å². The number of amides is 2. The number of urea groups is 1. The van der Waals surface area contributed by atoms with Crippen LogP contribution in [0.3, 0.4) is 0 Å². The summed E-state index contributed by atoms with van der Waals surface area (Å²) in [5, 5.41) is 24.0. The van der Waals surface area contributed by atoms with Crippen molar-refractivity contribution < 1.29 is 15.0 Å². The molecule has 0 radical (unpaired) electrons. The lowest BCUT2D eigenvalue weighted by Crippen LogP contribution is -2.20. The van der Waals surface area contributed by atoms with E-state index < -0.39 is 6.03 Å². The van der Waals surface area contributed by atoms with E-state index >= 15 is 0 Å². The van der Waals surface area contributed by atoms with E-state index in [1.54, 1.807) is 6.07 Å². The van der Waals surface area contributed by atoms with Crippen molar-refractivity contribution in [3.8, 4) is 22.6 Å². The van der Waals surface area contributed by atoms with Gasteiger partial charge in [0.1, 0.15) is 11.5 Å². The monoisotopic (exact) mass is 353 g/mol. The van der Waals surface area contributed by atoms with Crippen molar-refractivity contribution in [3.05, 3.63) is 41.6 Å². The van der Waals surface area contributed by atoms with E-state index in [2.05, 4.69) is 10.3 Å². The fourth-order valence-electron chi connectivity index (χ4n) is 3.43. The Hall–Kier alpha value is -3.15. The SMILES string of the molecule is CCc1cc(-c2c[nH]c3ccc(NC(N)=O)c(C(C)C)c23)c(O)cc1O. The molecular weight excluding hydrogens is 330 g/mol. The Balaban J connectivity index is 2.33. The number of nitrogens with one attached hydrogen (secondary N) is 2. The average Bonchev–Trinajstić information content (AvgIpc) is 2.97. The zero-order valence-corrected chi connectivity index (χ0v) is 15.1. The summed E-state index contributed by atoms with van der Waals surface area (Å²) in [4.78, 5) is 14.6. The Morgan fingerprint density at radius 3 is 2.54 bits per heavy atom. The van der Waals surface area contributed by atoms with Crippen LogP contribution in [0.1, 0.15) is 37.8 Å². The number of rotatable bonds is 4. The summed E-state index contributed by atoms with van der Waals surface area (Å²) in [7, 11) is 0. The first-order valence-corrected chi connectivity index (χ1v) is 8.59. The van der Waals surface area contributed by atoms with Gasteiger partial charge in [-0.15, -0.1) is 0 Å². The van der Waals surface area contributed by atoms with Crippen molar-refractivity contribution in [2.75, 3.05) is 5.32 Å². The molecule has 0 spiro atoms. The minimum Gasteiger partial charge on any atom is -0.508 e. The van der Waals surface area contributed by atoms with Gasteiger partial charge in [-0.1, -0.05) is 20.8 Å². The molecule has 0 bridgehead atoms. The third kappa shape index (κ3) is 2.94. The Kier molecular flexibility index (Phi) is 4.50. The van der Waals surface area contributed by atoms with Gasteiger partial charge in [0.2, 0.25) is 0 Å². The van der Waals surface area contributed by atoms with Gasteiger partial charge in [-0.05, 0) is 41.7 Å². The number of aromatic amines is 1. The number of phenolic OH excluding ortho intramolecular Hbond substituents is 2. The molecule has 2 aromatic carbocycles. The first kappa shape index (κ1) is 17.7. The van der Waals surface area contributed by atoms with Crippen molar-refractivity contribution >= 4 is 22.6 Å². The number of fused-ring (bicyclic) bond motifs is 1. The molecule has 0 atom stereocenters. The van der Waals surface area contributed by atoms with Crippen LogP contribution in [0, 0.1) is 0 Å². The normalized spacial score (nSPS) is 11.2. The summed E-state index contributed by atoms with van der Waals surface area (Å²) in [5.41, 5.74) is 9.98. The number of benzene rings is 2.